The topological polar surface area (TPSA) is 85.5 Å². The molecule has 0 radical (unpaired) electrons. The van der Waals surface area contributed by atoms with Crippen molar-refractivity contribution in [2.24, 2.45) is 0 Å². The predicted molar refractivity (Wildman–Crippen MR) is 194 cm³/mol. The van der Waals surface area contributed by atoms with Crippen LogP contribution in [-0.4, -0.2) is 57.5 Å². The highest BCUT2D eigenvalue weighted by atomic mass is 79.9. The number of fused-ring (bicyclic) bond motifs is 8. The smallest absolute Gasteiger partial charge is 0.337 e. The molecular weight excluding hydrogens is 689 g/mol. The van der Waals surface area contributed by atoms with Crippen LogP contribution < -0.4 is 9.64 Å². The number of carbonyl (C=O) groups is 1. The maximum Gasteiger partial charge on any atom is 0.337 e. The molecule has 0 spiro atoms. The van der Waals surface area contributed by atoms with Crippen LogP contribution in [0.5, 0.6) is 5.75 Å². The lowest BCUT2D eigenvalue weighted by atomic mass is 9.92. The minimum atomic E-state index is -1.20. The number of carboxylic acids is 1. The fourth-order valence-corrected chi connectivity index (χ4v) is 7.63. The number of aryl methyl sites for hydroxylation is 2. The van der Waals surface area contributed by atoms with Gasteiger partial charge in [0.15, 0.2) is 6.10 Å². The number of hydrogen-bond acceptors (Lipinski definition) is 6. The molecule has 1 saturated heterocycles. The van der Waals surface area contributed by atoms with Gasteiger partial charge >= 0.3 is 5.97 Å². The van der Waals surface area contributed by atoms with Crippen LogP contribution in [0, 0.1) is 19.7 Å². The van der Waals surface area contributed by atoms with Crippen LogP contribution in [0.4, 0.5) is 10.2 Å². The number of halogens is 2. The molecule has 2 atom stereocenters. The molecule has 0 aliphatic carbocycles. The number of benzene rings is 2. The van der Waals surface area contributed by atoms with E-state index in [9.17, 15) is 9.90 Å². The number of ether oxygens (including phenoxy) is 3. The zero-order chi connectivity index (χ0) is 35.2. The van der Waals surface area contributed by atoms with Gasteiger partial charge in [-0.15, -0.1) is 0 Å². The zero-order valence-electron chi connectivity index (χ0n) is 29.5. The summed E-state index contributed by atoms with van der Waals surface area (Å²) in [6.07, 6.45) is 3.01. The molecule has 3 aliphatic heterocycles. The first-order valence-electron chi connectivity index (χ1n) is 17.2. The Morgan fingerprint density at radius 1 is 1.10 bits per heavy atom. The fraction of sp³-hybridized carbons (Fsp3) is 0.487. The molecular formula is C39H47BrFN3O5. The zero-order valence-corrected chi connectivity index (χ0v) is 31.1. The summed E-state index contributed by atoms with van der Waals surface area (Å²) in [5.41, 5.74) is 4.59. The molecule has 10 heteroatoms. The number of rotatable bonds is 3. The van der Waals surface area contributed by atoms with Gasteiger partial charge in [-0.05, 0) is 137 Å². The van der Waals surface area contributed by atoms with Gasteiger partial charge < -0.3 is 24.2 Å². The summed E-state index contributed by atoms with van der Waals surface area (Å²) in [5.74, 6) is 0.0425. The Hall–Kier alpha value is -3.47. The third-order valence-electron chi connectivity index (χ3n) is 9.64. The summed E-state index contributed by atoms with van der Waals surface area (Å²) < 4.78 is 37.0. The molecule has 0 amide bonds. The highest BCUT2D eigenvalue weighted by molar-refractivity contribution is 9.10. The van der Waals surface area contributed by atoms with E-state index in [2.05, 4.69) is 34.7 Å². The average Bonchev–Trinajstić information content (AvgIpc) is 3.35. The lowest BCUT2D eigenvalue weighted by molar-refractivity contribution is -0.160. The van der Waals surface area contributed by atoms with Gasteiger partial charge in [-0.3, -0.25) is 4.40 Å². The lowest BCUT2D eigenvalue weighted by Gasteiger charge is -2.42. The van der Waals surface area contributed by atoms with Crippen LogP contribution >= 0.6 is 15.9 Å². The van der Waals surface area contributed by atoms with Crippen molar-refractivity contribution in [3.8, 4) is 28.1 Å². The Kier molecular flexibility index (Phi) is 9.87. The molecule has 5 heterocycles. The monoisotopic (exact) mass is 735 g/mol. The first-order chi connectivity index (χ1) is 23.1. The van der Waals surface area contributed by atoms with E-state index in [1.165, 1.54) is 0 Å². The van der Waals surface area contributed by atoms with Gasteiger partial charge in [-0.1, -0.05) is 18.2 Å². The number of aliphatic carboxylic acids is 1. The molecule has 6 bridgehead atoms. The van der Waals surface area contributed by atoms with Gasteiger partial charge in [0.1, 0.15) is 33.3 Å². The molecule has 2 aromatic carbocycles. The Labute approximate surface area is 296 Å². The molecule has 1 N–H and O–H groups in total. The van der Waals surface area contributed by atoms with Crippen molar-refractivity contribution in [3.05, 3.63) is 69.6 Å². The van der Waals surface area contributed by atoms with E-state index in [4.69, 9.17) is 19.2 Å². The molecule has 8 nitrogen and oxygen atoms in total. The number of piperidine rings is 1. The summed E-state index contributed by atoms with van der Waals surface area (Å²) in [7, 11) is 0. The highest BCUT2D eigenvalue weighted by Crippen LogP contribution is 2.43. The van der Waals surface area contributed by atoms with Gasteiger partial charge in [-0.2, -0.15) is 0 Å². The van der Waals surface area contributed by atoms with E-state index in [1.807, 2.05) is 62.4 Å². The number of aromatic nitrogens is 2. The molecule has 0 saturated carbocycles. The maximum atomic E-state index is 15.1. The first kappa shape index (κ1) is 35.4. The molecule has 262 valence electrons. The molecule has 0 unspecified atom stereocenters. The normalized spacial score (nSPS) is 21.0. The van der Waals surface area contributed by atoms with Crippen molar-refractivity contribution < 1.29 is 28.5 Å². The van der Waals surface area contributed by atoms with E-state index in [0.717, 1.165) is 54.6 Å². The van der Waals surface area contributed by atoms with E-state index < -0.39 is 17.7 Å². The molecule has 7 rings (SSSR count). The van der Waals surface area contributed by atoms with E-state index in [-0.39, 0.29) is 17.5 Å². The van der Waals surface area contributed by atoms with Gasteiger partial charge in [-0.25, -0.2) is 14.2 Å². The number of hydrogen-bond donors (Lipinski definition) is 1. The van der Waals surface area contributed by atoms with Crippen LogP contribution in [0.3, 0.4) is 0 Å². The standard InChI is InChI=1S/C39H47BrFN3O5/c1-23-19-30-28(22-29(23)41)26-12-10-13-27(21-26)33-35(40)44-31(42-33)20-24(2)32(34(37(45)46)49-38(4,5)6)36(44)43-16-14-39(7,15-17-43)47-18-9-8-11-25(3)48-30/h10,12-13,19-22,25,34H,8-9,11,14-18H2,1-7H3,(H,45,46)/t25-,34-/m0/s1. The number of carboxylic acid groups (broad SMARTS) is 1. The summed E-state index contributed by atoms with van der Waals surface area (Å²) in [5, 5.41) is 10.6. The number of imidazole rings is 1. The lowest BCUT2D eigenvalue weighted by Crippen LogP contribution is -2.45. The number of pyridine rings is 1. The van der Waals surface area contributed by atoms with Gasteiger partial charge in [0.25, 0.3) is 0 Å². The van der Waals surface area contributed by atoms with E-state index in [1.54, 1.807) is 19.1 Å². The molecule has 49 heavy (non-hydrogen) atoms. The van der Waals surface area contributed by atoms with Gasteiger partial charge in [0, 0.05) is 36.4 Å². The van der Waals surface area contributed by atoms with E-state index in [0.29, 0.717) is 58.1 Å². The quantitative estimate of drug-likeness (QED) is 0.224. The predicted octanol–water partition coefficient (Wildman–Crippen LogP) is 9.45. The molecule has 2 aromatic heterocycles. The van der Waals surface area contributed by atoms with Crippen molar-refractivity contribution in [1.82, 2.24) is 9.38 Å². The first-order valence-corrected chi connectivity index (χ1v) is 18.0. The summed E-state index contributed by atoms with van der Waals surface area (Å²) in [6.45, 7) is 15.5. The number of anilines is 1. The Morgan fingerprint density at radius 2 is 1.82 bits per heavy atom. The Balaban J connectivity index is 1.58. The second-order valence-electron chi connectivity index (χ2n) is 14.8. The fourth-order valence-electron chi connectivity index (χ4n) is 6.97. The molecule has 3 aliphatic rings. The average molecular weight is 737 g/mol. The summed E-state index contributed by atoms with van der Waals surface area (Å²) in [4.78, 5) is 20.3. The minimum absolute atomic E-state index is 0.0588. The molecule has 4 aromatic rings. The molecule has 1 fully saturated rings. The SMILES string of the molecule is Cc1cc2c(cc1F)-c1cccc(c1)-c1nc3cc(C)c([C@H](OC(C)(C)C)C(=O)O)c(n3c1Br)N1CCC(C)(CC1)OCCCC[C@H](C)O2. The van der Waals surface area contributed by atoms with E-state index >= 15 is 4.39 Å². The van der Waals surface area contributed by atoms with Crippen LogP contribution in [-0.2, 0) is 14.3 Å². The number of nitrogens with zero attached hydrogens (tertiary/aromatic N) is 3. The Morgan fingerprint density at radius 3 is 2.51 bits per heavy atom. The third kappa shape index (κ3) is 7.37. The van der Waals surface area contributed by atoms with Crippen LogP contribution in [0.25, 0.3) is 28.0 Å². The van der Waals surface area contributed by atoms with Crippen molar-refractivity contribution >= 4 is 33.4 Å². The van der Waals surface area contributed by atoms with Crippen molar-refractivity contribution in [2.75, 3.05) is 24.6 Å². The van der Waals surface area contributed by atoms with Crippen molar-refractivity contribution in [1.29, 1.82) is 0 Å². The maximum absolute atomic E-state index is 15.1. The summed E-state index contributed by atoms with van der Waals surface area (Å²) in [6, 6.07) is 13.1. The van der Waals surface area contributed by atoms with Crippen LogP contribution in [0.1, 0.15) is 89.5 Å². The minimum Gasteiger partial charge on any atom is -0.490 e. The highest BCUT2D eigenvalue weighted by Gasteiger charge is 2.38. The van der Waals surface area contributed by atoms with Crippen molar-refractivity contribution in [2.45, 2.75) is 104 Å². The Bertz CT molecular complexity index is 1870. The van der Waals surface area contributed by atoms with Gasteiger partial charge in [0.2, 0.25) is 0 Å². The second-order valence-corrected chi connectivity index (χ2v) is 15.6. The van der Waals surface area contributed by atoms with Crippen LogP contribution in [0.2, 0.25) is 0 Å². The second kappa shape index (κ2) is 13.7. The summed E-state index contributed by atoms with van der Waals surface area (Å²) >= 11 is 3.90. The van der Waals surface area contributed by atoms with Crippen molar-refractivity contribution in [3.63, 3.8) is 0 Å². The largest absolute Gasteiger partial charge is 0.490 e. The van der Waals surface area contributed by atoms with Crippen LogP contribution in [0.15, 0.2) is 47.1 Å². The van der Waals surface area contributed by atoms with Gasteiger partial charge in [0.05, 0.1) is 17.3 Å². The third-order valence-corrected chi connectivity index (χ3v) is 10.4.